The summed E-state index contributed by atoms with van der Waals surface area (Å²) in [4.78, 5) is 8.06. The molecule has 1 aromatic heterocycles. The van der Waals surface area contributed by atoms with E-state index in [1.807, 2.05) is 19.1 Å². The van der Waals surface area contributed by atoms with Crippen molar-refractivity contribution in [1.29, 1.82) is 0 Å². The Kier molecular flexibility index (Phi) is 3.56. The van der Waals surface area contributed by atoms with Gasteiger partial charge in [-0.05, 0) is 46.6 Å². The van der Waals surface area contributed by atoms with Gasteiger partial charge in [-0.15, -0.1) is 0 Å². The molecule has 1 heterocycles. The number of halogens is 2. The number of anilines is 2. The van der Waals surface area contributed by atoms with E-state index in [0.29, 0.717) is 0 Å². The van der Waals surface area contributed by atoms with Crippen molar-refractivity contribution in [1.82, 2.24) is 9.97 Å². The molecule has 0 unspecified atom stereocenters. The summed E-state index contributed by atoms with van der Waals surface area (Å²) in [5.74, 6) is 0.761. The van der Waals surface area contributed by atoms with Gasteiger partial charge >= 0.3 is 0 Å². The van der Waals surface area contributed by atoms with Crippen LogP contribution < -0.4 is 5.32 Å². The molecule has 0 radical (unpaired) electrons. The van der Waals surface area contributed by atoms with Crippen LogP contribution >= 0.6 is 31.9 Å². The van der Waals surface area contributed by atoms with Gasteiger partial charge in [-0.1, -0.05) is 15.9 Å². The molecule has 0 amide bonds. The lowest BCUT2D eigenvalue weighted by Gasteiger charge is -2.08. The molecule has 1 aromatic carbocycles. The van der Waals surface area contributed by atoms with Crippen LogP contribution in [0, 0.1) is 6.92 Å². The highest BCUT2D eigenvalue weighted by molar-refractivity contribution is 9.10. The standard InChI is InChI=1S/C11H9Br2N3/c1-7-4-8(2-3-9(7)12)16-11-10(13)5-14-6-15-11/h2-6H,1H3,(H,14,15,16). The number of aromatic nitrogens is 2. The van der Waals surface area contributed by atoms with Crippen LogP contribution in [0.4, 0.5) is 11.5 Å². The topological polar surface area (TPSA) is 37.8 Å². The van der Waals surface area contributed by atoms with E-state index in [1.165, 1.54) is 11.9 Å². The molecule has 0 saturated carbocycles. The first-order valence-electron chi connectivity index (χ1n) is 4.65. The van der Waals surface area contributed by atoms with Gasteiger partial charge in [0.2, 0.25) is 0 Å². The van der Waals surface area contributed by atoms with Crippen LogP contribution in [0.1, 0.15) is 5.56 Å². The zero-order chi connectivity index (χ0) is 11.5. The minimum absolute atomic E-state index is 0.761. The lowest BCUT2D eigenvalue weighted by atomic mass is 10.2. The van der Waals surface area contributed by atoms with Crippen LogP contribution in [-0.4, -0.2) is 9.97 Å². The Morgan fingerprint density at radius 3 is 2.69 bits per heavy atom. The second kappa shape index (κ2) is 4.93. The molecular formula is C11H9Br2N3. The van der Waals surface area contributed by atoms with E-state index in [0.717, 1.165) is 20.5 Å². The number of hydrogen-bond donors (Lipinski definition) is 1. The maximum Gasteiger partial charge on any atom is 0.148 e. The number of nitrogens with zero attached hydrogens (tertiary/aromatic N) is 2. The molecule has 3 nitrogen and oxygen atoms in total. The van der Waals surface area contributed by atoms with Gasteiger partial charge in [-0.2, -0.15) is 0 Å². The highest BCUT2D eigenvalue weighted by Gasteiger charge is 2.02. The largest absolute Gasteiger partial charge is 0.339 e. The smallest absolute Gasteiger partial charge is 0.148 e. The summed E-state index contributed by atoms with van der Waals surface area (Å²) in [5, 5.41) is 3.22. The predicted molar refractivity (Wildman–Crippen MR) is 71.9 cm³/mol. The molecule has 0 aliphatic carbocycles. The number of rotatable bonds is 2. The van der Waals surface area contributed by atoms with Gasteiger partial charge in [0.15, 0.2) is 0 Å². The predicted octanol–water partition coefficient (Wildman–Crippen LogP) is 4.05. The second-order valence-electron chi connectivity index (χ2n) is 3.31. The normalized spacial score (nSPS) is 10.2. The van der Waals surface area contributed by atoms with Crippen LogP contribution in [0.2, 0.25) is 0 Å². The van der Waals surface area contributed by atoms with Gasteiger partial charge in [0.1, 0.15) is 12.1 Å². The number of hydrogen-bond acceptors (Lipinski definition) is 3. The van der Waals surface area contributed by atoms with E-state index < -0.39 is 0 Å². The molecule has 0 saturated heterocycles. The van der Waals surface area contributed by atoms with E-state index >= 15 is 0 Å². The van der Waals surface area contributed by atoms with Gasteiger partial charge in [0, 0.05) is 16.4 Å². The average molecular weight is 343 g/mol. The molecule has 16 heavy (non-hydrogen) atoms. The summed E-state index contributed by atoms with van der Waals surface area (Å²) in [6, 6.07) is 6.05. The van der Waals surface area contributed by atoms with Gasteiger partial charge < -0.3 is 5.32 Å². The van der Waals surface area contributed by atoms with Crippen LogP contribution in [0.5, 0.6) is 0 Å². The Bertz CT molecular complexity index is 514. The molecule has 0 atom stereocenters. The fraction of sp³-hybridized carbons (Fsp3) is 0.0909. The molecule has 0 bridgehead atoms. The SMILES string of the molecule is Cc1cc(Nc2ncncc2Br)ccc1Br. The summed E-state index contributed by atoms with van der Waals surface area (Å²) in [6.45, 7) is 2.05. The highest BCUT2D eigenvalue weighted by atomic mass is 79.9. The lowest BCUT2D eigenvalue weighted by Crippen LogP contribution is -1.95. The lowest BCUT2D eigenvalue weighted by molar-refractivity contribution is 1.15. The highest BCUT2D eigenvalue weighted by Crippen LogP contribution is 2.25. The fourth-order valence-corrected chi connectivity index (χ4v) is 1.83. The quantitative estimate of drug-likeness (QED) is 0.894. The Morgan fingerprint density at radius 1 is 1.19 bits per heavy atom. The van der Waals surface area contributed by atoms with Crippen molar-refractivity contribution in [2.75, 3.05) is 5.32 Å². The van der Waals surface area contributed by atoms with Crippen LogP contribution in [0.25, 0.3) is 0 Å². The molecule has 0 aliphatic heterocycles. The van der Waals surface area contributed by atoms with Crippen molar-refractivity contribution in [3.05, 3.63) is 45.2 Å². The van der Waals surface area contributed by atoms with Crippen LogP contribution in [0.3, 0.4) is 0 Å². The van der Waals surface area contributed by atoms with Gasteiger partial charge in [0.05, 0.1) is 4.47 Å². The first-order chi connectivity index (χ1) is 7.66. The van der Waals surface area contributed by atoms with Gasteiger partial charge in [-0.25, -0.2) is 9.97 Å². The molecule has 2 rings (SSSR count). The van der Waals surface area contributed by atoms with Crippen molar-refractivity contribution in [2.45, 2.75) is 6.92 Å². The monoisotopic (exact) mass is 341 g/mol. The molecule has 82 valence electrons. The summed E-state index contributed by atoms with van der Waals surface area (Å²) in [6.07, 6.45) is 3.22. The molecule has 1 N–H and O–H groups in total. The minimum Gasteiger partial charge on any atom is -0.339 e. The van der Waals surface area contributed by atoms with E-state index in [2.05, 4.69) is 53.2 Å². The van der Waals surface area contributed by atoms with Crippen LogP contribution in [-0.2, 0) is 0 Å². The molecule has 0 spiro atoms. The Morgan fingerprint density at radius 2 is 2.00 bits per heavy atom. The van der Waals surface area contributed by atoms with Gasteiger partial charge in [-0.3, -0.25) is 0 Å². The van der Waals surface area contributed by atoms with E-state index in [4.69, 9.17) is 0 Å². The summed E-state index contributed by atoms with van der Waals surface area (Å²) in [5.41, 5.74) is 2.18. The van der Waals surface area contributed by atoms with Crippen molar-refractivity contribution in [3.63, 3.8) is 0 Å². The van der Waals surface area contributed by atoms with Crippen molar-refractivity contribution < 1.29 is 0 Å². The van der Waals surface area contributed by atoms with Crippen molar-refractivity contribution in [2.24, 2.45) is 0 Å². The third-order valence-electron chi connectivity index (χ3n) is 2.09. The maximum atomic E-state index is 4.14. The molecule has 2 aromatic rings. The molecule has 0 aliphatic rings. The van der Waals surface area contributed by atoms with Crippen molar-refractivity contribution >= 4 is 43.4 Å². The third kappa shape index (κ3) is 2.59. The Balaban J connectivity index is 2.28. The number of nitrogens with one attached hydrogen (secondary N) is 1. The first-order valence-corrected chi connectivity index (χ1v) is 6.24. The summed E-state index contributed by atoms with van der Waals surface area (Å²) < 4.78 is 1.94. The second-order valence-corrected chi connectivity index (χ2v) is 5.02. The number of aryl methyl sites for hydroxylation is 1. The van der Waals surface area contributed by atoms with E-state index in [9.17, 15) is 0 Å². The average Bonchev–Trinajstić information content (AvgIpc) is 2.27. The Labute approximate surface area is 111 Å². The third-order valence-corrected chi connectivity index (χ3v) is 3.56. The van der Waals surface area contributed by atoms with E-state index in [1.54, 1.807) is 6.20 Å². The van der Waals surface area contributed by atoms with Crippen molar-refractivity contribution in [3.8, 4) is 0 Å². The molecule has 0 fully saturated rings. The summed E-state index contributed by atoms with van der Waals surface area (Å²) >= 11 is 6.86. The summed E-state index contributed by atoms with van der Waals surface area (Å²) in [7, 11) is 0. The molecule has 5 heteroatoms. The first kappa shape index (κ1) is 11.5. The van der Waals surface area contributed by atoms with Crippen LogP contribution in [0.15, 0.2) is 39.7 Å². The molecular weight excluding hydrogens is 334 g/mol. The minimum atomic E-state index is 0.761. The number of benzene rings is 1. The fourth-order valence-electron chi connectivity index (χ4n) is 1.26. The van der Waals surface area contributed by atoms with Gasteiger partial charge in [0.25, 0.3) is 0 Å². The zero-order valence-corrected chi connectivity index (χ0v) is 11.7. The van der Waals surface area contributed by atoms with E-state index in [-0.39, 0.29) is 0 Å². The Hall–Kier alpha value is -0.940. The zero-order valence-electron chi connectivity index (χ0n) is 8.54. The maximum absolute atomic E-state index is 4.14.